The van der Waals surface area contributed by atoms with Crippen LogP contribution in [0.3, 0.4) is 0 Å². The average Bonchev–Trinajstić information content (AvgIpc) is 2.95. The first-order chi connectivity index (χ1) is 9.61. The van der Waals surface area contributed by atoms with Crippen LogP contribution >= 0.6 is 0 Å². The van der Waals surface area contributed by atoms with Crippen molar-refractivity contribution in [2.45, 2.75) is 12.5 Å². The number of likely N-dealkylation sites (tertiary alicyclic amines) is 1. The van der Waals surface area contributed by atoms with Crippen molar-refractivity contribution in [1.29, 1.82) is 5.26 Å². The zero-order chi connectivity index (χ0) is 14.5. The van der Waals surface area contributed by atoms with Gasteiger partial charge in [-0.1, -0.05) is 12.1 Å². The van der Waals surface area contributed by atoms with E-state index < -0.39 is 0 Å². The predicted molar refractivity (Wildman–Crippen MR) is 75.3 cm³/mol. The Bertz CT molecular complexity index is 522. The summed E-state index contributed by atoms with van der Waals surface area (Å²) in [5.74, 6) is 0.439. The van der Waals surface area contributed by atoms with Gasteiger partial charge in [0.1, 0.15) is 11.8 Å². The molecule has 5 nitrogen and oxygen atoms in total. The van der Waals surface area contributed by atoms with Crippen molar-refractivity contribution in [2.24, 2.45) is 0 Å². The number of likely N-dealkylation sites (N-methyl/N-ethyl adjacent to an activating group) is 1. The lowest BCUT2D eigenvalue weighted by molar-refractivity contribution is -0.132. The van der Waals surface area contributed by atoms with Crippen LogP contribution in [0.4, 0.5) is 0 Å². The van der Waals surface area contributed by atoms with Crippen LogP contribution in [-0.2, 0) is 4.79 Å². The van der Waals surface area contributed by atoms with E-state index in [-0.39, 0.29) is 12.5 Å². The van der Waals surface area contributed by atoms with E-state index in [4.69, 9.17) is 10.00 Å². The summed E-state index contributed by atoms with van der Waals surface area (Å²) < 4.78 is 5.47. The van der Waals surface area contributed by atoms with E-state index in [1.807, 2.05) is 19.0 Å². The second kappa shape index (κ2) is 6.40. The van der Waals surface area contributed by atoms with E-state index >= 15 is 0 Å². The van der Waals surface area contributed by atoms with Gasteiger partial charge in [-0.2, -0.15) is 5.26 Å². The highest BCUT2D eigenvalue weighted by atomic mass is 16.5. The Morgan fingerprint density at radius 1 is 1.50 bits per heavy atom. The molecule has 2 rings (SSSR count). The standard InChI is InChI=1S/C15H19N3O2/c1-17(2)13-7-8-18(10-13)15(19)11-20-14-6-4-3-5-12(14)9-16/h3-6,13H,7-8,10-11H2,1-2H3. The molecule has 1 aliphatic rings. The molecule has 20 heavy (non-hydrogen) atoms. The third kappa shape index (κ3) is 3.28. The van der Waals surface area contributed by atoms with Crippen LogP contribution in [0.5, 0.6) is 5.75 Å². The zero-order valence-electron chi connectivity index (χ0n) is 11.9. The number of carbonyl (C=O) groups excluding carboxylic acids is 1. The fourth-order valence-corrected chi connectivity index (χ4v) is 2.31. The van der Waals surface area contributed by atoms with Crippen molar-refractivity contribution in [3.63, 3.8) is 0 Å². The van der Waals surface area contributed by atoms with Crippen molar-refractivity contribution in [1.82, 2.24) is 9.80 Å². The summed E-state index contributed by atoms with van der Waals surface area (Å²) in [5.41, 5.74) is 0.452. The number of nitrogens with zero attached hydrogens (tertiary/aromatic N) is 3. The van der Waals surface area contributed by atoms with E-state index in [0.717, 1.165) is 19.5 Å². The van der Waals surface area contributed by atoms with Crippen molar-refractivity contribution in [3.8, 4) is 11.8 Å². The number of para-hydroxylation sites is 1. The quantitative estimate of drug-likeness (QED) is 0.824. The number of carbonyl (C=O) groups is 1. The second-order valence-electron chi connectivity index (χ2n) is 5.14. The first kappa shape index (κ1) is 14.4. The summed E-state index contributed by atoms with van der Waals surface area (Å²) in [6.07, 6.45) is 0.994. The summed E-state index contributed by atoms with van der Waals surface area (Å²) in [4.78, 5) is 16.0. The van der Waals surface area contributed by atoms with Crippen LogP contribution < -0.4 is 4.74 Å². The molecule has 1 saturated heterocycles. The lowest BCUT2D eigenvalue weighted by atomic mass is 10.2. The predicted octanol–water partition coefficient (Wildman–Crippen LogP) is 1.10. The van der Waals surface area contributed by atoms with Gasteiger partial charge < -0.3 is 14.5 Å². The van der Waals surface area contributed by atoms with Gasteiger partial charge in [-0.05, 0) is 32.6 Å². The maximum atomic E-state index is 12.1. The summed E-state index contributed by atoms with van der Waals surface area (Å²) in [5, 5.41) is 8.96. The zero-order valence-corrected chi connectivity index (χ0v) is 11.9. The Hall–Kier alpha value is -2.06. The summed E-state index contributed by atoms with van der Waals surface area (Å²) in [6.45, 7) is 1.50. The number of hydrogen-bond acceptors (Lipinski definition) is 4. The Kier molecular flexibility index (Phi) is 4.59. The molecule has 1 fully saturated rings. The summed E-state index contributed by atoms with van der Waals surface area (Å²) >= 11 is 0. The monoisotopic (exact) mass is 273 g/mol. The van der Waals surface area contributed by atoms with Gasteiger partial charge in [0.25, 0.3) is 5.91 Å². The van der Waals surface area contributed by atoms with Crippen LogP contribution in [0.1, 0.15) is 12.0 Å². The van der Waals surface area contributed by atoms with Crippen LogP contribution in [0.15, 0.2) is 24.3 Å². The van der Waals surface area contributed by atoms with E-state index in [1.54, 1.807) is 24.3 Å². The molecule has 1 aliphatic heterocycles. The number of ether oxygens (including phenoxy) is 1. The van der Waals surface area contributed by atoms with Crippen molar-refractivity contribution < 1.29 is 9.53 Å². The van der Waals surface area contributed by atoms with Gasteiger partial charge >= 0.3 is 0 Å². The Labute approximate surface area is 119 Å². The molecular weight excluding hydrogens is 254 g/mol. The van der Waals surface area contributed by atoms with Crippen LogP contribution in [-0.4, -0.2) is 55.5 Å². The molecule has 106 valence electrons. The Balaban J connectivity index is 1.89. The lowest BCUT2D eigenvalue weighted by Crippen LogP contribution is -2.36. The first-order valence-corrected chi connectivity index (χ1v) is 6.68. The Morgan fingerprint density at radius 3 is 2.90 bits per heavy atom. The molecule has 1 aromatic rings. The number of amides is 1. The third-order valence-electron chi connectivity index (χ3n) is 3.61. The van der Waals surface area contributed by atoms with E-state index in [2.05, 4.69) is 11.0 Å². The maximum Gasteiger partial charge on any atom is 0.260 e. The molecule has 0 aromatic heterocycles. The van der Waals surface area contributed by atoms with Gasteiger partial charge in [0.2, 0.25) is 0 Å². The molecule has 0 bridgehead atoms. The smallest absolute Gasteiger partial charge is 0.260 e. The third-order valence-corrected chi connectivity index (χ3v) is 3.61. The van der Waals surface area contributed by atoms with Crippen molar-refractivity contribution >= 4 is 5.91 Å². The van der Waals surface area contributed by atoms with Gasteiger partial charge in [-0.25, -0.2) is 0 Å². The van der Waals surface area contributed by atoms with Gasteiger partial charge in [0.05, 0.1) is 5.56 Å². The minimum absolute atomic E-state index is 0.0150. The minimum atomic E-state index is -0.0258. The molecule has 1 aromatic carbocycles. The molecule has 0 spiro atoms. The van der Waals surface area contributed by atoms with Gasteiger partial charge in [0.15, 0.2) is 6.61 Å². The topological polar surface area (TPSA) is 56.6 Å². The lowest BCUT2D eigenvalue weighted by Gasteiger charge is -2.20. The fraction of sp³-hybridized carbons (Fsp3) is 0.467. The van der Waals surface area contributed by atoms with Crippen LogP contribution in [0, 0.1) is 11.3 Å². The molecule has 0 N–H and O–H groups in total. The SMILES string of the molecule is CN(C)C1CCN(C(=O)COc2ccccc2C#N)C1. The largest absolute Gasteiger partial charge is 0.482 e. The summed E-state index contributed by atoms with van der Waals surface area (Å²) in [7, 11) is 4.05. The highest BCUT2D eigenvalue weighted by molar-refractivity contribution is 5.78. The molecule has 5 heteroatoms. The first-order valence-electron chi connectivity index (χ1n) is 6.68. The molecule has 0 saturated carbocycles. The molecule has 0 radical (unpaired) electrons. The van der Waals surface area contributed by atoms with Crippen molar-refractivity contribution in [2.75, 3.05) is 33.8 Å². The molecule has 1 heterocycles. The second-order valence-corrected chi connectivity index (χ2v) is 5.14. The van der Waals surface area contributed by atoms with E-state index in [0.29, 0.717) is 17.4 Å². The maximum absolute atomic E-state index is 12.1. The molecule has 1 unspecified atom stereocenters. The molecule has 1 amide bonds. The van der Waals surface area contributed by atoms with Crippen LogP contribution in [0.25, 0.3) is 0 Å². The fourth-order valence-electron chi connectivity index (χ4n) is 2.31. The number of hydrogen-bond donors (Lipinski definition) is 0. The van der Waals surface area contributed by atoms with E-state index in [1.165, 1.54) is 0 Å². The minimum Gasteiger partial charge on any atom is -0.482 e. The highest BCUT2D eigenvalue weighted by Gasteiger charge is 2.27. The number of rotatable bonds is 4. The summed E-state index contributed by atoms with van der Waals surface area (Å²) in [6, 6.07) is 9.42. The molecular formula is C15H19N3O2. The highest BCUT2D eigenvalue weighted by Crippen LogP contribution is 2.17. The van der Waals surface area contributed by atoms with Gasteiger partial charge in [-0.15, -0.1) is 0 Å². The average molecular weight is 273 g/mol. The van der Waals surface area contributed by atoms with Gasteiger partial charge in [-0.3, -0.25) is 4.79 Å². The van der Waals surface area contributed by atoms with Crippen LogP contribution in [0.2, 0.25) is 0 Å². The number of benzene rings is 1. The van der Waals surface area contributed by atoms with Gasteiger partial charge in [0, 0.05) is 19.1 Å². The molecule has 0 aliphatic carbocycles. The Morgan fingerprint density at radius 2 is 2.25 bits per heavy atom. The molecule has 1 atom stereocenters. The van der Waals surface area contributed by atoms with E-state index in [9.17, 15) is 4.79 Å². The van der Waals surface area contributed by atoms with Crippen molar-refractivity contribution in [3.05, 3.63) is 29.8 Å². The number of nitriles is 1. The normalized spacial score (nSPS) is 18.1.